The van der Waals surface area contributed by atoms with Crippen molar-refractivity contribution in [3.8, 4) is 67.0 Å². The topological polar surface area (TPSA) is 29.0 Å². The minimum absolute atomic E-state index is 0.160. The molecule has 0 aliphatic heterocycles. The number of fused-ring (bicyclic) bond motifs is 3. The summed E-state index contributed by atoms with van der Waals surface area (Å²) in [6, 6.07) is 76.7. The lowest BCUT2D eigenvalue weighted by molar-refractivity contribution is 1.00. The van der Waals surface area contributed by atoms with Crippen LogP contribution in [0, 0.1) is 20.8 Å². The molecule has 0 saturated carbocycles. The minimum Gasteiger partial charge on any atom is -0.310 e. The summed E-state index contributed by atoms with van der Waals surface area (Å²) in [6.45, 7) is 6.66. The van der Waals surface area contributed by atoms with Crippen LogP contribution in [-0.4, -0.2) is 9.97 Å². The standard InChI is InChI=1S/C62H47N3/c1-41-34-51(61-56-26-12-10-24-54(56)55-25-11-13-27-57(55)61)35-42(2)62(41)65(53-23-15-21-50(37-53)60-39-58(43(3)40-64-60)47-18-8-5-9-19-47)52-22-14-20-49(36-52)59-38-48(32-33-63-59)46-30-28-45(29-31-46)44-16-6-4-7-17-44/h4-40,61H,1-3H3. The van der Waals surface area contributed by atoms with Gasteiger partial charge in [0.15, 0.2) is 0 Å². The summed E-state index contributed by atoms with van der Waals surface area (Å²) in [5.41, 5.74) is 24.5. The highest BCUT2D eigenvalue weighted by Crippen LogP contribution is 2.50. The molecule has 0 unspecified atom stereocenters. The summed E-state index contributed by atoms with van der Waals surface area (Å²) in [6.07, 6.45) is 3.92. The average molecular weight is 834 g/mol. The van der Waals surface area contributed by atoms with E-state index in [4.69, 9.17) is 9.97 Å². The Labute approximate surface area is 382 Å². The smallest absolute Gasteiger partial charge is 0.0709 e. The Bertz CT molecular complexity index is 3280. The van der Waals surface area contributed by atoms with Crippen LogP contribution < -0.4 is 4.90 Å². The van der Waals surface area contributed by atoms with E-state index in [1.54, 1.807) is 0 Å². The van der Waals surface area contributed by atoms with Crippen molar-refractivity contribution in [1.82, 2.24) is 9.97 Å². The number of pyridine rings is 2. The Morgan fingerprint density at radius 3 is 1.45 bits per heavy atom. The van der Waals surface area contributed by atoms with Crippen LogP contribution in [0.5, 0.6) is 0 Å². The van der Waals surface area contributed by atoms with Crippen molar-refractivity contribution in [3.05, 3.63) is 258 Å². The summed E-state index contributed by atoms with van der Waals surface area (Å²) in [5, 5.41) is 0. The molecule has 1 aliphatic rings. The molecule has 0 amide bonds. The van der Waals surface area contributed by atoms with E-state index < -0.39 is 0 Å². The molecule has 2 aromatic heterocycles. The summed E-state index contributed by atoms with van der Waals surface area (Å²) in [5.74, 6) is 0.160. The van der Waals surface area contributed by atoms with Gasteiger partial charge in [-0.3, -0.25) is 9.97 Å². The molecule has 3 nitrogen and oxygen atoms in total. The first-order valence-corrected chi connectivity index (χ1v) is 22.4. The Balaban J connectivity index is 1.02. The predicted molar refractivity (Wildman–Crippen MR) is 271 cm³/mol. The molecule has 0 radical (unpaired) electrons. The van der Waals surface area contributed by atoms with Crippen LogP contribution in [0.1, 0.15) is 39.3 Å². The first-order valence-electron chi connectivity index (χ1n) is 22.4. The van der Waals surface area contributed by atoms with Crippen molar-refractivity contribution in [2.24, 2.45) is 0 Å². The van der Waals surface area contributed by atoms with E-state index in [0.717, 1.165) is 56.3 Å². The summed E-state index contributed by atoms with van der Waals surface area (Å²) < 4.78 is 0. The molecule has 2 heterocycles. The van der Waals surface area contributed by atoms with E-state index >= 15 is 0 Å². The van der Waals surface area contributed by atoms with Crippen molar-refractivity contribution in [2.75, 3.05) is 4.90 Å². The number of hydrogen-bond acceptors (Lipinski definition) is 3. The molecule has 11 rings (SSSR count). The molecule has 310 valence electrons. The SMILES string of the molecule is Cc1cnc(-c2cccc(N(c3cccc(-c4cc(-c5ccc(-c6ccccc6)cc5)ccn4)c3)c3c(C)cc(C4c5ccccc5-c5ccccc54)cc3C)c2)cc1-c1ccccc1. The van der Waals surface area contributed by atoms with E-state index in [1.807, 2.05) is 12.4 Å². The number of aromatic nitrogens is 2. The van der Waals surface area contributed by atoms with Crippen LogP contribution in [0.3, 0.4) is 0 Å². The van der Waals surface area contributed by atoms with Gasteiger partial charge in [0.05, 0.1) is 17.1 Å². The van der Waals surface area contributed by atoms with Gasteiger partial charge in [0.1, 0.15) is 0 Å². The maximum atomic E-state index is 4.99. The Morgan fingerprint density at radius 2 is 0.846 bits per heavy atom. The molecule has 0 spiro atoms. The van der Waals surface area contributed by atoms with Crippen LogP contribution in [0.25, 0.3) is 67.0 Å². The van der Waals surface area contributed by atoms with Crippen molar-refractivity contribution >= 4 is 17.1 Å². The van der Waals surface area contributed by atoms with Gasteiger partial charge in [0.2, 0.25) is 0 Å². The zero-order chi connectivity index (χ0) is 43.9. The number of hydrogen-bond donors (Lipinski definition) is 0. The molecule has 3 heteroatoms. The fraction of sp³-hybridized carbons (Fsp3) is 0.0645. The maximum Gasteiger partial charge on any atom is 0.0709 e. The monoisotopic (exact) mass is 833 g/mol. The quantitative estimate of drug-likeness (QED) is 0.145. The van der Waals surface area contributed by atoms with Gasteiger partial charge in [-0.15, -0.1) is 0 Å². The summed E-state index contributed by atoms with van der Waals surface area (Å²) in [4.78, 5) is 12.4. The van der Waals surface area contributed by atoms with Gasteiger partial charge in [-0.05, 0) is 141 Å². The van der Waals surface area contributed by atoms with Gasteiger partial charge in [-0.1, -0.05) is 170 Å². The van der Waals surface area contributed by atoms with E-state index in [0.29, 0.717) is 0 Å². The van der Waals surface area contributed by atoms with Crippen molar-refractivity contribution < 1.29 is 0 Å². The Morgan fingerprint density at radius 1 is 0.354 bits per heavy atom. The van der Waals surface area contributed by atoms with Crippen LogP contribution in [0.2, 0.25) is 0 Å². The third-order valence-corrected chi connectivity index (χ3v) is 13.0. The van der Waals surface area contributed by atoms with Crippen molar-refractivity contribution in [1.29, 1.82) is 0 Å². The second-order valence-electron chi connectivity index (χ2n) is 17.2. The fourth-order valence-electron chi connectivity index (χ4n) is 9.90. The Kier molecular flexibility index (Phi) is 10.3. The summed E-state index contributed by atoms with van der Waals surface area (Å²) >= 11 is 0. The van der Waals surface area contributed by atoms with Gasteiger partial charge in [-0.2, -0.15) is 0 Å². The van der Waals surface area contributed by atoms with Gasteiger partial charge in [0.25, 0.3) is 0 Å². The first kappa shape index (κ1) is 39.7. The lowest BCUT2D eigenvalue weighted by Crippen LogP contribution is -2.14. The number of anilines is 3. The van der Waals surface area contributed by atoms with E-state index in [-0.39, 0.29) is 5.92 Å². The molecule has 0 N–H and O–H groups in total. The molecular formula is C62H47N3. The third kappa shape index (κ3) is 7.51. The highest BCUT2D eigenvalue weighted by molar-refractivity contribution is 5.87. The molecule has 0 saturated heterocycles. The third-order valence-electron chi connectivity index (χ3n) is 13.0. The number of benzene rings is 8. The fourth-order valence-corrected chi connectivity index (χ4v) is 9.90. The predicted octanol–water partition coefficient (Wildman–Crippen LogP) is 16.4. The minimum atomic E-state index is 0.160. The lowest BCUT2D eigenvalue weighted by Gasteiger charge is -2.30. The summed E-state index contributed by atoms with van der Waals surface area (Å²) in [7, 11) is 0. The number of nitrogens with zero attached hydrogens (tertiary/aromatic N) is 3. The highest BCUT2D eigenvalue weighted by atomic mass is 15.1. The molecule has 1 aliphatic carbocycles. The molecule has 0 bridgehead atoms. The van der Waals surface area contributed by atoms with E-state index in [9.17, 15) is 0 Å². The molecule has 0 atom stereocenters. The van der Waals surface area contributed by atoms with Gasteiger partial charge < -0.3 is 4.90 Å². The van der Waals surface area contributed by atoms with Gasteiger partial charge in [0, 0.05) is 40.8 Å². The number of aryl methyl sites for hydroxylation is 3. The lowest BCUT2D eigenvalue weighted by atomic mass is 9.87. The Hall–Kier alpha value is -8.14. The van der Waals surface area contributed by atoms with E-state index in [2.05, 4.69) is 238 Å². The molecule has 8 aromatic carbocycles. The van der Waals surface area contributed by atoms with Gasteiger partial charge in [-0.25, -0.2) is 0 Å². The number of rotatable bonds is 9. The molecule has 0 fully saturated rings. The van der Waals surface area contributed by atoms with Crippen molar-refractivity contribution in [2.45, 2.75) is 26.7 Å². The zero-order valence-electron chi connectivity index (χ0n) is 36.8. The first-order chi connectivity index (χ1) is 32.0. The van der Waals surface area contributed by atoms with Crippen LogP contribution >= 0.6 is 0 Å². The molecular weight excluding hydrogens is 787 g/mol. The second-order valence-corrected chi connectivity index (χ2v) is 17.2. The van der Waals surface area contributed by atoms with Crippen molar-refractivity contribution in [3.63, 3.8) is 0 Å². The molecule has 10 aromatic rings. The van der Waals surface area contributed by atoms with Crippen LogP contribution in [0.4, 0.5) is 17.1 Å². The zero-order valence-corrected chi connectivity index (χ0v) is 36.8. The molecule has 65 heavy (non-hydrogen) atoms. The normalized spacial score (nSPS) is 11.9. The maximum absolute atomic E-state index is 4.99. The largest absolute Gasteiger partial charge is 0.310 e. The second kappa shape index (κ2) is 16.9. The highest BCUT2D eigenvalue weighted by Gasteiger charge is 2.30. The van der Waals surface area contributed by atoms with Crippen LogP contribution in [0.15, 0.2) is 225 Å². The van der Waals surface area contributed by atoms with E-state index in [1.165, 1.54) is 61.2 Å². The van der Waals surface area contributed by atoms with Gasteiger partial charge >= 0.3 is 0 Å². The average Bonchev–Trinajstić information content (AvgIpc) is 3.70. The van der Waals surface area contributed by atoms with Crippen LogP contribution in [-0.2, 0) is 0 Å².